The molecular formula is C19H14F3N5O2. The average molecular weight is 401 g/mol. The topological polar surface area (TPSA) is 85.3 Å². The van der Waals surface area contributed by atoms with Gasteiger partial charge in [-0.25, -0.2) is 4.98 Å². The number of aryl methyl sites for hydroxylation is 1. The number of benzene rings is 1. The zero-order valence-corrected chi connectivity index (χ0v) is 15.3. The van der Waals surface area contributed by atoms with Crippen molar-refractivity contribution in [1.29, 1.82) is 0 Å². The van der Waals surface area contributed by atoms with E-state index in [0.717, 1.165) is 17.2 Å². The van der Waals surface area contributed by atoms with Crippen LogP contribution in [0.25, 0.3) is 17.2 Å². The number of alkyl halides is 3. The molecule has 0 saturated heterocycles. The summed E-state index contributed by atoms with van der Waals surface area (Å²) in [6, 6.07) is 9.13. The van der Waals surface area contributed by atoms with Gasteiger partial charge in [-0.3, -0.25) is 4.79 Å². The fourth-order valence-electron chi connectivity index (χ4n) is 2.78. The van der Waals surface area contributed by atoms with Gasteiger partial charge in [0.1, 0.15) is 5.69 Å². The van der Waals surface area contributed by atoms with Crippen LogP contribution in [0.15, 0.2) is 47.1 Å². The molecule has 0 aliphatic carbocycles. The molecule has 0 fully saturated rings. The number of nitrogens with zero attached hydrogens (tertiary/aromatic N) is 4. The van der Waals surface area contributed by atoms with Crippen LogP contribution in [0.1, 0.15) is 27.4 Å². The van der Waals surface area contributed by atoms with Gasteiger partial charge in [-0.05, 0) is 49.2 Å². The Labute approximate surface area is 162 Å². The van der Waals surface area contributed by atoms with Gasteiger partial charge in [0.25, 0.3) is 11.7 Å². The van der Waals surface area contributed by atoms with E-state index in [2.05, 4.69) is 20.4 Å². The molecule has 0 atom stereocenters. The number of nitrogens with one attached hydrogen (secondary N) is 1. The smallest absolute Gasteiger partial charge is 0.433 e. The Balaban J connectivity index is 1.78. The van der Waals surface area contributed by atoms with Crippen molar-refractivity contribution in [1.82, 2.24) is 19.6 Å². The van der Waals surface area contributed by atoms with Gasteiger partial charge in [0.2, 0.25) is 5.82 Å². The Morgan fingerprint density at radius 2 is 1.93 bits per heavy atom. The van der Waals surface area contributed by atoms with E-state index in [0.29, 0.717) is 10.2 Å². The Morgan fingerprint density at radius 3 is 2.62 bits per heavy atom. The highest BCUT2D eigenvalue weighted by molar-refractivity contribution is 6.02. The normalized spacial score (nSPS) is 11.8. The van der Waals surface area contributed by atoms with Crippen molar-refractivity contribution in [3.63, 3.8) is 0 Å². The van der Waals surface area contributed by atoms with Crippen LogP contribution in [0.5, 0.6) is 0 Å². The lowest BCUT2D eigenvalue weighted by Crippen LogP contribution is -2.16. The van der Waals surface area contributed by atoms with Crippen LogP contribution in [0.4, 0.5) is 18.9 Å². The van der Waals surface area contributed by atoms with E-state index in [9.17, 15) is 18.0 Å². The summed E-state index contributed by atoms with van der Waals surface area (Å²) in [5.41, 5.74) is 1.12. The minimum atomic E-state index is -4.74. The van der Waals surface area contributed by atoms with E-state index in [-0.39, 0.29) is 17.2 Å². The van der Waals surface area contributed by atoms with Gasteiger partial charge >= 0.3 is 6.18 Å². The number of furan rings is 1. The van der Waals surface area contributed by atoms with Crippen molar-refractivity contribution >= 4 is 17.4 Å². The summed E-state index contributed by atoms with van der Waals surface area (Å²) < 4.78 is 46.3. The highest BCUT2D eigenvalue weighted by Gasteiger charge is 2.36. The summed E-state index contributed by atoms with van der Waals surface area (Å²) in [6.07, 6.45) is -3.42. The van der Waals surface area contributed by atoms with Crippen LogP contribution in [0.3, 0.4) is 0 Å². The number of aromatic nitrogens is 4. The van der Waals surface area contributed by atoms with Crippen molar-refractivity contribution in [2.75, 3.05) is 5.32 Å². The highest BCUT2D eigenvalue weighted by Crippen LogP contribution is 2.32. The van der Waals surface area contributed by atoms with Crippen molar-refractivity contribution in [3.8, 4) is 11.5 Å². The van der Waals surface area contributed by atoms with E-state index >= 15 is 0 Å². The summed E-state index contributed by atoms with van der Waals surface area (Å²) in [7, 11) is 0. The fourth-order valence-corrected chi connectivity index (χ4v) is 2.78. The molecule has 29 heavy (non-hydrogen) atoms. The molecule has 0 saturated carbocycles. The third-order valence-electron chi connectivity index (χ3n) is 4.43. The largest absolute Gasteiger partial charge is 0.463 e. The molecule has 3 aromatic heterocycles. The van der Waals surface area contributed by atoms with E-state index in [1.54, 1.807) is 12.1 Å². The summed E-state index contributed by atoms with van der Waals surface area (Å²) in [6.45, 7) is 3.70. The monoisotopic (exact) mass is 401 g/mol. The first kappa shape index (κ1) is 18.7. The van der Waals surface area contributed by atoms with E-state index in [4.69, 9.17) is 4.42 Å². The maximum absolute atomic E-state index is 13.5. The number of fused-ring (bicyclic) bond motifs is 1. The molecule has 1 N–H and O–H groups in total. The fraction of sp³-hybridized carbons (Fsp3) is 0.158. The first-order valence-electron chi connectivity index (χ1n) is 8.50. The SMILES string of the molecule is Cc1cccc(NC(=O)c2nc3nc(-c4ccco4)cc(C(F)(F)F)n3n2)c1C. The minimum Gasteiger partial charge on any atom is -0.463 e. The second kappa shape index (κ2) is 6.73. The Kier molecular flexibility index (Phi) is 4.33. The van der Waals surface area contributed by atoms with Crippen molar-refractivity contribution in [3.05, 3.63) is 65.3 Å². The van der Waals surface area contributed by atoms with Crippen LogP contribution in [-0.4, -0.2) is 25.5 Å². The summed E-state index contributed by atoms with van der Waals surface area (Å²) in [5.74, 6) is -1.39. The van der Waals surface area contributed by atoms with E-state index in [1.165, 1.54) is 18.4 Å². The molecule has 0 radical (unpaired) electrons. The standard InChI is InChI=1S/C19H14F3N5O2/c1-10-5-3-6-12(11(10)2)23-17(28)16-25-18-24-13(14-7-4-8-29-14)9-15(19(20,21)22)27(18)26-16/h3-9H,1-2H3,(H,23,28). The van der Waals surface area contributed by atoms with Crippen LogP contribution < -0.4 is 5.32 Å². The third kappa shape index (κ3) is 3.44. The molecule has 4 aromatic rings. The van der Waals surface area contributed by atoms with Gasteiger partial charge in [-0.15, -0.1) is 5.10 Å². The van der Waals surface area contributed by atoms with Crippen LogP contribution in [0, 0.1) is 13.8 Å². The minimum absolute atomic E-state index is 0.0660. The average Bonchev–Trinajstić information content (AvgIpc) is 3.33. The second-order valence-corrected chi connectivity index (χ2v) is 6.35. The van der Waals surface area contributed by atoms with Crippen molar-refractivity contribution < 1.29 is 22.4 Å². The molecule has 3 heterocycles. The summed E-state index contributed by atoms with van der Waals surface area (Å²) in [5, 5.41) is 6.35. The zero-order valence-electron chi connectivity index (χ0n) is 15.3. The van der Waals surface area contributed by atoms with Crippen molar-refractivity contribution in [2.24, 2.45) is 0 Å². The molecule has 0 bridgehead atoms. The van der Waals surface area contributed by atoms with Gasteiger partial charge in [0.05, 0.1) is 6.26 Å². The molecule has 148 valence electrons. The second-order valence-electron chi connectivity index (χ2n) is 6.35. The molecule has 0 spiro atoms. The van der Waals surface area contributed by atoms with Gasteiger partial charge in [-0.1, -0.05) is 12.1 Å². The third-order valence-corrected chi connectivity index (χ3v) is 4.43. The number of carbonyl (C=O) groups is 1. The predicted octanol–water partition coefficient (Wildman–Crippen LogP) is 4.27. The molecule has 4 rings (SSSR count). The number of hydrogen-bond acceptors (Lipinski definition) is 5. The molecule has 1 amide bonds. The lowest BCUT2D eigenvalue weighted by molar-refractivity contribution is -0.142. The van der Waals surface area contributed by atoms with Gasteiger partial charge in [0, 0.05) is 5.69 Å². The zero-order chi connectivity index (χ0) is 20.8. The summed E-state index contributed by atoms with van der Waals surface area (Å²) in [4.78, 5) is 20.5. The summed E-state index contributed by atoms with van der Waals surface area (Å²) >= 11 is 0. The van der Waals surface area contributed by atoms with Crippen LogP contribution in [-0.2, 0) is 6.18 Å². The molecule has 0 aliphatic rings. The Hall–Kier alpha value is -3.69. The molecule has 1 aromatic carbocycles. The van der Waals surface area contributed by atoms with Gasteiger partial charge < -0.3 is 9.73 Å². The van der Waals surface area contributed by atoms with E-state index < -0.39 is 23.6 Å². The van der Waals surface area contributed by atoms with Crippen molar-refractivity contribution in [2.45, 2.75) is 20.0 Å². The quantitative estimate of drug-likeness (QED) is 0.554. The molecular weight excluding hydrogens is 387 g/mol. The van der Waals surface area contributed by atoms with E-state index in [1.807, 2.05) is 19.9 Å². The van der Waals surface area contributed by atoms with Gasteiger partial charge in [0.15, 0.2) is 11.5 Å². The Morgan fingerprint density at radius 1 is 1.14 bits per heavy atom. The molecule has 10 heteroatoms. The van der Waals surface area contributed by atoms with Crippen LogP contribution >= 0.6 is 0 Å². The highest BCUT2D eigenvalue weighted by atomic mass is 19.4. The number of carbonyl (C=O) groups excluding carboxylic acids is 1. The molecule has 0 aliphatic heterocycles. The Bertz CT molecular complexity index is 1210. The number of amides is 1. The van der Waals surface area contributed by atoms with Crippen LogP contribution in [0.2, 0.25) is 0 Å². The predicted molar refractivity (Wildman–Crippen MR) is 97.4 cm³/mol. The number of anilines is 1. The molecule has 7 nitrogen and oxygen atoms in total. The maximum atomic E-state index is 13.5. The molecule has 0 unspecified atom stereocenters. The number of halogens is 3. The maximum Gasteiger partial charge on any atom is 0.433 e. The lowest BCUT2D eigenvalue weighted by Gasteiger charge is -2.09. The number of hydrogen-bond donors (Lipinski definition) is 1. The first-order chi connectivity index (χ1) is 13.7. The number of rotatable bonds is 3. The first-order valence-corrected chi connectivity index (χ1v) is 8.50. The van der Waals surface area contributed by atoms with Gasteiger partial charge in [-0.2, -0.15) is 22.7 Å². The lowest BCUT2D eigenvalue weighted by atomic mass is 10.1.